The Morgan fingerprint density at radius 3 is 2.60 bits per heavy atom. The summed E-state index contributed by atoms with van der Waals surface area (Å²) in [7, 11) is 0. The fraction of sp³-hybridized carbons (Fsp3) is 0. The minimum Gasteiger partial charge on any atom is -0.216 e. The molecular formula is CH2NO2S+. The van der Waals surface area contributed by atoms with E-state index in [0.29, 0.717) is 0 Å². The Morgan fingerprint density at radius 2 is 2.60 bits per heavy atom. The molecule has 0 N–H and O–H groups in total. The minimum atomic E-state index is 0.257. The molecule has 5 heavy (non-hydrogen) atoms. The molecule has 0 saturated carbocycles. The summed E-state index contributed by atoms with van der Waals surface area (Å²) in [6.45, 7) is 0. The van der Waals surface area contributed by atoms with E-state index in [0.717, 1.165) is 0 Å². The van der Waals surface area contributed by atoms with Gasteiger partial charge in [0.1, 0.15) is 0 Å². The van der Waals surface area contributed by atoms with E-state index in [1.165, 1.54) is 0 Å². The van der Waals surface area contributed by atoms with E-state index in [-0.39, 0.29) is 6.41 Å². The van der Waals surface area contributed by atoms with Crippen LogP contribution in [0.25, 0.3) is 0 Å². The zero-order chi connectivity index (χ0) is 4.12. The van der Waals surface area contributed by atoms with Gasteiger partial charge in [0.2, 0.25) is 0 Å². The molecule has 0 bridgehead atoms. The number of thiol groups is 1. The van der Waals surface area contributed by atoms with Crippen molar-refractivity contribution in [3.8, 4) is 0 Å². The van der Waals surface area contributed by atoms with Crippen LogP contribution in [-0.4, -0.2) is 6.41 Å². The average molecular weight is 92.1 g/mol. The monoisotopic (exact) mass is 92.0 g/mol. The Balaban J connectivity index is 2.40. The lowest BCUT2D eigenvalue weighted by Gasteiger charge is -1.48. The summed E-state index contributed by atoms with van der Waals surface area (Å²) in [6, 6.07) is 0. The number of nitrogens with zero attached hydrogens (tertiary/aromatic N) is 1. The number of hydroxylamine groups is 1. The molecule has 0 aromatic rings. The second-order valence-corrected chi connectivity index (χ2v) is 0.456. The largest absolute Gasteiger partial charge is 0.461 e. The van der Waals surface area contributed by atoms with E-state index < -0.39 is 0 Å². The standard InChI is InChI=1S/CH2NO2S/c3-1-2-4-5/h1,5H/q+1. The van der Waals surface area contributed by atoms with Gasteiger partial charge in [-0.3, -0.25) is 0 Å². The van der Waals surface area contributed by atoms with E-state index in [1.807, 2.05) is 0 Å². The van der Waals surface area contributed by atoms with Gasteiger partial charge >= 0.3 is 11.9 Å². The van der Waals surface area contributed by atoms with Gasteiger partial charge in [0, 0.05) is 0 Å². The average Bonchev–Trinajstić information content (AvgIpc) is 1.41. The van der Waals surface area contributed by atoms with Crippen molar-refractivity contribution in [3.05, 3.63) is 0 Å². The lowest BCUT2D eigenvalue weighted by Crippen LogP contribution is -1.91. The molecular weight excluding hydrogens is 90.1 g/mol. The van der Waals surface area contributed by atoms with Crippen LogP contribution in [0.1, 0.15) is 0 Å². The second-order valence-electron chi connectivity index (χ2n) is 0.292. The third kappa shape index (κ3) is 3.94. The molecule has 0 aromatic heterocycles. The number of carbonyl (C=O) groups is 1. The van der Waals surface area contributed by atoms with E-state index >= 15 is 0 Å². The predicted octanol–water partition coefficient (Wildman–Crippen LogP) is -0.476. The molecule has 3 nitrogen and oxygen atoms in total. The highest BCUT2D eigenvalue weighted by atomic mass is 32.1. The summed E-state index contributed by atoms with van der Waals surface area (Å²) >= 11 is 3.10. The van der Waals surface area contributed by atoms with Crippen molar-refractivity contribution >= 4 is 19.3 Å². The highest BCUT2D eigenvalue weighted by Crippen LogP contribution is 1.63. The number of rotatable bonds is 2. The van der Waals surface area contributed by atoms with Crippen LogP contribution in [0.5, 0.6) is 0 Å². The highest BCUT2D eigenvalue weighted by Gasteiger charge is 1.91. The first-order chi connectivity index (χ1) is 2.41. The van der Waals surface area contributed by atoms with Crippen LogP contribution in [0.4, 0.5) is 0 Å². The molecule has 0 unspecified atom stereocenters. The van der Waals surface area contributed by atoms with Crippen LogP contribution in [0.2, 0.25) is 0 Å². The number of hydrogen-bond acceptors (Lipinski definition) is 3. The van der Waals surface area contributed by atoms with Crippen molar-refractivity contribution in [3.63, 3.8) is 0 Å². The van der Waals surface area contributed by atoms with E-state index in [4.69, 9.17) is 4.79 Å². The molecule has 0 saturated heterocycles. The summed E-state index contributed by atoms with van der Waals surface area (Å²) in [5.74, 6) is 0. The zero-order valence-electron chi connectivity index (χ0n) is 2.29. The summed E-state index contributed by atoms with van der Waals surface area (Å²) < 4.78 is 3.64. The Morgan fingerprint density at radius 1 is 2.00 bits per heavy atom. The van der Waals surface area contributed by atoms with Gasteiger partial charge in [0.15, 0.2) is 0 Å². The van der Waals surface area contributed by atoms with Crippen molar-refractivity contribution in [2.45, 2.75) is 0 Å². The summed E-state index contributed by atoms with van der Waals surface area (Å²) in [4.78, 5) is 9.06. The summed E-state index contributed by atoms with van der Waals surface area (Å²) in [5, 5.41) is 0. The molecule has 0 heterocycles. The Kier molecular flexibility index (Phi) is 3.89. The maximum absolute atomic E-state index is 9.06. The molecule has 0 atom stereocenters. The molecule has 2 radical (unpaired) electrons. The molecule has 0 aliphatic carbocycles. The lowest BCUT2D eigenvalue weighted by atomic mass is 11.5. The fourth-order valence-electron chi connectivity index (χ4n) is 0.0192. The Labute approximate surface area is 34.9 Å². The van der Waals surface area contributed by atoms with Crippen molar-refractivity contribution in [2.24, 2.45) is 0 Å². The van der Waals surface area contributed by atoms with Crippen LogP contribution in [-0.2, 0) is 9.08 Å². The first kappa shape index (κ1) is 4.94. The molecule has 28 valence electrons. The second kappa shape index (κ2) is 3.94. The van der Waals surface area contributed by atoms with Crippen molar-refractivity contribution in [1.82, 2.24) is 5.48 Å². The predicted molar refractivity (Wildman–Crippen MR) is 18.3 cm³/mol. The van der Waals surface area contributed by atoms with Gasteiger partial charge in [-0.1, -0.05) is 0 Å². The topological polar surface area (TPSA) is 40.4 Å². The highest BCUT2D eigenvalue weighted by molar-refractivity contribution is 7.75. The third-order valence-corrected chi connectivity index (χ3v) is 0.184. The number of carbonyl (C=O) groups excluding carboxylic acids is 1. The summed E-state index contributed by atoms with van der Waals surface area (Å²) in [5.41, 5.74) is 2.66. The number of hydrogen-bond donors (Lipinski definition) is 1. The van der Waals surface area contributed by atoms with Gasteiger partial charge in [0.05, 0.1) is 12.9 Å². The minimum absolute atomic E-state index is 0.257. The maximum Gasteiger partial charge on any atom is 0.461 e. The molecule has 0 fully saturated rings. The SMILES string of the molecule is O=C[N+]OS. The smallest absolute Gasteiger partial charge is 0.216 e. The van der Waals surface area contributed by atoms with Gasteiger partial charge in [0.25, 0.3) is 0 Å². The van der Waals surface area contributed by atoms with Gasteiger partial charge in [-0.25, -0.2) is 4.79 Å². The van der Waals surface area contributed by atoms with Gasteiger partial charge in [-0.2, -0.15) is 0 Å². The van der Waals surface area contributed by atoms with Crippen molar-refractivity contribution in [1.29, 1.82) is 0 Å². The summed E-state index contributed by atoms with van der Waals surface area (Å²) in [6.07, 6.45) is 0.257. The van der Waals surface area contributed by atoms with Crippen molar-refractivity contribution < 1.29 is 9.08 Å². The van der Waals surface area contributed by atoms with Crippen molar-refractivity contribution in [2.75, 3.05) is 0 Å². The van der Waals surface area contributed by atoms with E-state index in [1.54, 1.807) is 0 Å². The molecule has 1 amide bonds. The molecule has 4 heteroatoms. The van der Waals surface area contributed by atoms with Crippen LogP contribution >= 0.6 is 12.9 Å². The van der Waals surface area contributed by atoms with Gasteiger partial charge in [-0.05, 0) is 4.28 Å². The maximum atomic E-state index is 9.06. The molecule has 0 rings (SSSR count). The van der Waals surface area contributed by atoms with Crippen LogP contribution in [0, 0.1) is 0 Å². The van der Waals surface area contributed by atoms with E-state index in [2.05, 4.69) is 22.7 Å². The zero-order valence-corrected chi connectivity index (χ0v) is 3.18. The van der Waals surface area contributed by atoms with Crippen LogP contribution in [0.15, 0.2) is 0 Å². The number of amides is 1. The quantitative estimate of drug-likeness (QED) is 0.216. The van der Waals surface area contributed by atoms with Gasteiger partial charge in [-0.15, -0.1) is 0 Å². The fourth-order valence-corrected chi connectivity index (χ4v) is 0.0577. The van der Waals surface area contributed by atoms with E-state index in [9.17, 15) is 0 Å². The molecule has 0 aromatic carbocycles. The first-order valence-electron chi connectivity index (χ1n) is 0.859. The molecule has 0 spiro atoms. The first-order valence-corrected chi connectivity index (χ1v) is 1.22. The third-order valence-electron chi connectivity index (χ3n) is 0.0902. The van der Waals surface area contributed by atoms with Crippen LogP contribution < -0.4 is 5.48 Å². The van der Waals surface area contributed by atoms with Crippen LogP contribution in [0.3, 0.4) is 0 Å². The molecule has 0 aliphatic rings. The lowest BCUT2D eigenvalue weighted by molar-refractivity contribution is -0.115. The van der Waals surface area contributed by atoms with Gasteiger partial charge < -0.3 is 0 Å². The Bertz CT molecular complexity index is 30.8. The Hall–Kier alpha value is -0.0600. The molecule has 0 aliphatic heterocycles. The normalized spacial score (nSPS) is 7.40.